The number of aryl methyl sites for hydroxylation is 2. The Bertz CT molecular complexity index is 428. The van der Waals surface area contributed by atoms with Crippen LogP contribution in [0.15, 0.2) is 6.07 Å². The molecule has 1 aromatic rings. The zero-order valence-electron chi connectivity index (χ0n) is 11.4. The number of ether oxygens (including phenoxy) is 1. The van der Waals surface area contributed by atoms with Gasteiger partial charge in [0, 0.05) is 17.5 Å². The van der Waals surface area contributed by atoms with Crippen LogP contribution in [-0.2, 0) is 5.41 Å². The first-order chi connectivity index (χ1) is 8.05. The number of benzene rings is 1. The van der Waals surface area contributed by atoms with Gasteiger partial charge in [-0.15, -0.1) is 0 Å². The second-order valence-corrected chi connectivity index (χ2v) is 5.38. The fraction of sp³-hybridized carbons (Fsp3) is 0.600. The van der Waals surface area contributed by atoms with Crippen molar-refractivity contribution in [2.45, 2.75) is 45.4 Å². The minimum absolute atomic E-state index is 0.174. The summed E-state index contributed by atoms with van der Waals surface area (Å²) in [5.41, 5.74) is 11.4. The van der Waals surface area contributed by atoms with Gasteiger partial charge in [-0.3, -0.25) is 0 Å². The van der Waals surface area contributed by atoms with Crippen molar-refractivity contribution in [3.63, 3.8) is 0 Å². The predicted molar refractivity (Wildman–Crippen MR) is 71.8 cm³/mol. The van der Waals surface area contributed by atoms with Crippen molar-refractivity contribution in [1.29, 1.82) is 0 Å². The molecular formula is C15H23NO. The minimum atomic E-state index is 0.174. The molecule has 0 bridgehead atoms. The Balaban J connectivity index is 2.63. The third-order valence-electron chi connectivity index (χ3n) is 4.42. The Morgan fingerprint density at radius 2 is 1.88 bits per heavy atom. The highest BCUT2D eigenvalue weighted by molar-refractivity contribution is 5.54. The van der Waals surface area contributed by atoms with Gasteiger partial charge in [-0.05, 0) is 50.3 Å². The second-order valence-electron chi connectivity index (χ2n) is 5.38. The summed E-state index contributed by atoms with van der Waals surface area (Å²) in [7, 11) is 1.77. The molecule has 1 fully saturated rings. The molecule has 2 N–H and O–H groups in total. The molecule has 0 radical (unpaired) electrons. The van der Waals surface area contributed by atoms with E-state index in [1.165, 1.54) is 41.5 Å². The first-order valence-corrected chi connectivity index (χ1v) is 6.41. The van der Waals surface area contributed by atoms with Crippen LogP contribution in [0, 0.1) is 20.8 Å². The Hall–Kier alpha value is -1.02. The number of rotatable bonds is 3. The van der Waals surface area contributed by atoms with Crippen LogP contribution in [0.1, 0.15) is 41.5 Å². The highest BCUT2D eigenvalue weighted by atomic mass is 16.5. The number of hydrogen-bond donors (Lipinski definition) is 1. The molecule has 0 atom stereocenters. The van der Waals surface area contributed by atoms with E-state index >= 15 is 0 Å². The van der Waals surface area contributed by atoms with Crippen LogP contribution >= 0.6 is 0 Å². The van der Waals surface area contributed by atoms with Crippen molar-refractivity contribution < 1.29 is 4.74 Å². The Morgan fingerprint density at radius 3 is 2.29 bits per heavy atom. The van der Waals surface area contributed by atoms with Gasteiger partial charge >= 0.3 is 0 Å². The molecule has 94 valence electrons. The normalized spacial score (nSPS) is 17.7. The third kappa shape index (κ3) is 1.75. The first-order valence-electron chi connectivity index (χ1n) is 6.41. The van der Waals surface area contributed by atoms with Crippen LogP contribution in [0.4, 0.5) is 0 Å². The monoisotopic (exact) mass is 233 g/mol. The number of methoxy groups -OCH3 is 1. The Kier molecular flexibility index (Phi) is 3.17. The van der Waals surface area contributed by atoms with E-state index in [1.54, 1.807) is 7.11 Å². The average molecular weight is 233 g/mol. The molecule has 2 nitrogen and oxygen atoms in total. The summed E-state index contributed by atoms with van der Waals surface area (Å²) in [6.45, 7) is 7.19. The third-order valence-corrected chi connectivity index (χ3v) is 4.42. The number of nitrogens with two attached hydrogens (primary N) is 1. The smallest absolute Gasteiger partial charge is 0.126 e. The molecule has 1 aliphatic rings. The van der Waals surface area contributed by atoms with Gasteiger partial charge < -0.3 is 10.5 Å². The molecule has 1 aromatic carbocycles. The first kappa shape index (κ1) is 12.4. The maximum Gasteiger partial charge on any atom is 0.126 e. The van der Waals surface area contributed by atoms with E-state index in [1.807, 2.05) is 0 Å². The topological polar surface area (TPSA) is 35.2 Å². The Labute approximate surface area is 104 Å². The van der Waals surface area contributed by atoms with Crippen LogP contribution in [0.25, 0.3) is 0 Å². The summed E-state index contributed by atoms with van der Waals surface area (Å²) in [4.78, 5) is 0. The predicted octanol–water partition coefficient (Wildman–Crippen LogP) is 3.00. The molecule has 2 heteroatoms. The summed E-state index contributed by atoms with van der Waals surface area (Å²) >= 11 is 0. The fourth-order valence-electron chi connectivity index (χ4n) is 3.12. The van der Waals surface area contributed by atoms with E-state index < -0.39 is 0 Å². The maximum atomic E-state index is 6.03. The van der Waals surface area contributed by atoms with Gasteiger partial charge in [-0.2, -0.15) is 0 Å². The largest absolute Gasteiger partial charge is 0.496 e. The molecule has 0 aromatic heterocycles. The van der Waals surface area contributed by atoms with E-state index in [9.17, 15) is 0 Å². The van der Waals surface area contributed by atoms with E-state index in [4.69, 9.17) is 10.5 Å². The molecule has 0 unspecified atom stereocenters. The van der Waals surface area contributed by atoms with Crippen LogP contribution in [0.3, 0.4) is 0 Å². The van der Waals surface area contributed by atoms with Crippen LogP contribution in [0.5, 0.6) is 5.75 Å². The van der Waals surface area contributed by atoms with Crippen molar-refractivity contribution in [1.82, 2.24) is 0 Å². The van der Waals surface area contributed by atoms with Crippen molar-refractivity contribution in [3.8, 4) is 5.75 Å². The van der Waals surface area contributed by atoms with Gasteiger partial charge in [0.1, 0.15) is 5.75 Å². The second kappa shape index (κ2) is 4.34. The van der Waals surface area contributed by atoms with E-state index in [-0.39, 0.29) is 5.41 Å². The molecule has 17 heavy (non-hydrogen) atoms. The summed E-state index contributed by atoms with van der Waals surface area (Å²) in [6.07, 6.45) is 3.68. The van der Waals surface area contributed by atoms with Crippen molar-refractivity contribution in [2.75, 3.05) is 13.7 Å². The standard InChI is InChI=1S/C15H23NO/c1-10-8-11(2)13(14(17-4)12(10)3)15(9-16)6-5-7-15/h8H,5-7,9,16H2,1-4H3. The van der Waals surface area contributed by atoms with Gasteiger partial charge in [0.25, 0.3) is 0 Å². The van der Waals surface area contributed by atoms with Crippen molar-refractivity contribution in [2.24, 2.45) is 5.73 Å². The average Bonchev–Trinajstić information content (AvgIpc) is 2.24. The van der Waals surface area contributed by atoms with Gasteiger partial charge in [0.15, 0.2) is 0 Å². The molecule has 2 rings (SSSR count). The summed E-state index contributed by atoms with van der Waals surface area (Å²) < 4.78 is 5.67. The lowest BCUT2D eigenvalue weighted by Gasteiger charge is -2.43. The minimum Gasteiger partial charge on any atom is -0.496 e. The number of hydrogen-bond acceptors (Lipinski definition) is 2. The van der Waals surface area contributed by atoms with Crippen molar-refractivity contribution in [3.05, 3.63) is 28.3 Å². The highest BCUT2D eigenvalue weighted by Crippen LogP contribution is 2.49. The molecule has 1 saturated carbocycles. The molecule has 0 amide bonds. The van der Waals surface area contributed by atoms with E-state index in [0.717, 1.165) is 12.3 Å². The lowest BCUT2D eigenvalue weighted by molar-refractivity contribution is 0.242. The van der Waals surface area contributed by atoms with E-state index in [0.29, 0.717) is 0 Å². The molecule has 0 heterocycles. The summed E-state index contributed by atoms with van der Waals surface area (Å²) in [5.74, 6) is 1.06. The van der Waals surface area contributed by atoms with E-state index in [2.05, 4.69) is 26.8 Å². The van der Waals surface area contributed by atoms with Crippen LogP contribution in [-0.4, -0.2) is 13.7 Å². The SMILES string of the molecule is COc1c(C)c(C)cc(C)c1C1(CN)CCC1. The Morgan fingerprint density at radius 1 is 1.24 bits per heavy atom. The van der Waals surface area contributed by atoms with Gasteiger partial charge in [-0.1, -0.05) is 12.5 Å². The maximum absolute atomic E-state index is 6.03. The molecule has 0 saturated heterocycles. The quantitative estimate of drug-likeness (QED) is 0.871. The highest BCUT2D eigenvalue weighted by Gasteiger charge is 2.41. The summed E-state index contributed by atoms with van der Waals surface area (Å²) in [5, 5.41) is 0. The van der Waals surface area contributed by atoms with Gasteiger partial charge in [0.05, 0.1) is 7.11 Å². The zero-order chi connectivity index (χ0) is 12.6. The zero-order valence-corrected chi connectivity index (χ0v) is 11.4. The van der Waals surface area contributed by atoms with Crippen LogP contribution < -0.4 is 10.5 Å². The molecule has 1 aliphatic carbocycles. The van der Waals surface area contributed by atoms with Crippen molar-refractivity contribution >= 4 is 0 Å². The van der Waals surface area contributed by atoms with Gasteiger partial charge in [-0.25, -0.2) is 0 Å². The lowest BCUT2D eigenvalue weighted by atomic mass is 9.62. The van der Waals surface area contributed by atoms with Gasteiger partial charge in [0.2, 0.25) is 0 Å². The molecular weight excluding hydrogens is 210 g/mol. The molecule has 0 spiro atoms. The molecule has 0 aliphatic heterocycles. The fourth-order valence-corrected chi connectivity index (χ4v) is 3.12. The van der Waals surface area contributed by atoms with Crippen LogP contribution in [0.2, 0.25) is 0 Å². The summed E-state index contributed by atoms with van der Waals surface area (Å²) in [6, 6.07) is 2.27. The lowest BCUT2D eigenvalue weighted by Crippen LogP contribution is -2.42.